The number of halogens is 4. The summed E-state index contributed by atoms with van der Waals surface area (Å²) < 4.78 is 72.1. The van der Waals surface area contributed by atoms with Crippen molar-refractivity contribution < 1.29 is 61.1 Å². The van der Waals surface area contributed by atoms with Crippen LogP contribution in [0, 0.1) is 59.9 Å². The van der Waals surface area contributed by atoms with E-state index in [1.54, 1.807) is 103 Å². The summed E-state index contributed by atoms with van der Waals surface area (Å²) in [6.45, 7) is 26.8. The van der Waals surface area contributed by atoms with Crippen molar-refractivity contribution >= 4 is 45.5 Å². The predicted octanol–water partition coefficient (Wildman–Crippen LogP) is 17.4. The number of amidine groups is 1. The van der Waals surface area contributed by atoms with Gasteiger partial charge in [0.05, 0.1) is 45.4 Å². The number of nitrogens with one attached hydrogen (secondary N) is 3. The monoisotopic (exact) mass is 1550 g/mol. The second-order valence-electron chi connectivity index (χ2n) is 29.4. The maximum Gasteiger partial charge on any atom is 0.315 e. The van der Waals surface area contributed by atoms with Crippen LogP contribution in [-0.4, -0.2) is 121 Å². The Morgan fingerprint density at radius 3 is 1.10 bits per heavy atom. The van der Waals surface area contributed by atoms with Crippen molar-refractivity contribution in [1.29, 1.82) is 5.41 Å². The van der Waals surface area contributed by atoms with E-state index in [0.717, 1.165) is 50.3 Å². The van der Waals surface area contributed by atoms with Gasteiger partial charge in [0.1, 0.15) is 53.9 Å². The molecule has 0 amide bonds. The number of nitrogens with zero attached hydrogens (tertiary/aromatic N) is 8. The van der Waals surface area contributed by atoms with Gasteiger partial charge in [-0.1, -0.05) is 107 Å². The Balaban J connectivity index is 0.000000194. The van der Waals surface area contributed by atoms with E-state index in [-0.39, 0.29) is 54.6 Å². The predicted molar refractivity (Wildman–Crippen MR) is 415 cm³/mol. The molecule has 0 aliphatic carbocycles. The van der Waals surface area contributed by atoms with Crippen LogP contribution in [0.15, 0.2) is 177 Å². The zero-order chi connectivity index (χ0) is 79.8. The van der Waals surface area contributed by atoms with E-state index in [1.165, 1.54) is 24.4 Å². The Labute approximate surface area is 639 Å². The zero-order valence-electron chi connectivity index (χ0n) is 63.4. The number of H-pyrrole nitrogens is 2. The Bertz CT molecular complexity index is 5030. The molecule has 109 heavy (non-hydrogen) atoms. The van der Waals surface area contributed by atoms with E-state index < -0.39 is 56.7 Å². The van der Waals surface area contributed by atoms with Crippen molar-refractivity contribution in [1.82, 2.24) is 49.8 Å². The number of esters is 2. The molecule has 0 aliphatic heterocycles. The molecule has 11 rings (SSSR count). The van der Waals surface area contributed by atoms with Gasteiger partial charge in [0.25, 0.3) is 0 Å². The standard InChI is InChI=1S/C29H31FN4O3.C25H23FN4O3.C21H27FN4O3.C8H7BrO/c1-18-12-24(36-17-29(5,6)27(35)37-28(2,3)4)31-15-21(18)20-13-22(30)25(32-14-20)26-33-16-23(34-26)19-10-8-7-9-11-19;1-15-9-21(33-14-25(2,3)24(31)32)27-12-18(15)17-10-19(26)22(28-11-17)23-29-13-20(30-23)16-7-5-4-6-8-16;1-12-7-16(28-11-21(5,6)19(27)29-20(2,3)4)25-10-14(12)13-8-15(22)17(18(23)24)26-9-13;9-6-8(10)7-4-2-1-3-5-7/h7-16H,17H2,1-6H3,(H,33,34);4-13H,14H2,1-3H3,(H,29,30)(H,31,32);7-10H,11H2,1-6H3,(H3,23,24);1-5H,6H2. The number of aromatic nitrogens is 10. The number of carboxylic acid groups (broad SMARTS) is 1. The molecule has 0 saturated heterocycles. The maximum absolute atomic E-state index is 15.1. The molecule has 11 aromatic rings. The van der Waals surface area contributed by atoms with Crippen molar-refractivity contribution in [3.8, 4) is 96.6 Å². The van der Waals surface area contributed by atoms with Crippen molar-refractivity contribution in [3.05, 3.63) is 222 Å². The fourth-order valence-corrected chi connectivity index (χ4v) is 10.2. The van der Waals surface area contributed by atoms with Crippen LogP contribution in [0.2, 0.25) is 0 Å². The number of alkyl halides is 1. The number of aryl methyl sites for hydroxylation is 3. The molecule has 0 fully saturated rings. The highest BCUT2D eigenvalue weighted by molar-refractivity contribution is 9.09. The number of ether oxygens (including phenoxy) is 5. The second-order valence-corrected chi connectivity index (χ2v) is 29.9. The van der Waals surface area contributed by atoms with Crippen LogP contribution < -0.4 is 19.9 Å². The lowest BCUT2D eigenvalue weighted by Gasteiger charge is -2.28. The molecule has 22 nitrogen and oxygen atoms in total. The molecule has 0 bridgehead atoms. The number of imidazole rings is 2. The van der Waals surface area contributed by atoms with E-state index in [2.05, 4.69) is 65.8 Å². The lowest BCUT2D eigenvalue weighted by Crippen LogP contribution is -2.37. The van der Waals surface area contributed by atoms with Gasteiger partial charge in [0.15, 0.2) is 34.9 Å². The summed E-state index contributed by atoms with van der Waals surface area (Å²) in [5, 5.41) is 16.9. The number of ketones is 1. The molecule has 0 aliphatic rings. The van der Waals surface area contributed by atoms with Crippen LogP contribution in [0.1, 0.15) is 116 Å². The van der Waals surface area contributed by atoms with Crippen molar-refractivity contribution in [2.24, 2.45) is 22.0 Å². The van der Waals surface area contributed by atoms with E-state index in [9.17, 15) is 33.1 Å². The van der Waals surface area contributed by atoms with Crippen LogP contribution in [0.25, 0.3) is 78.9 Å². The summed E-state index contributed by atoms with van der Waals surface area (Å²) in [6, 6.07) is 37.8. The summed E-state index contributed by atoms with van der Waals surface area (Å²) in [6.07, 6.45) is 12.6. The molecule has 0 atom stereocenters. The van der Waals surface area contributed by atoms with Crippen LogP contribution in [0.4, 0.5) is 13.2 Å². The molecular formula is C83H88BrF3N12O10. The Morgan fingerprint density at radius 2 is 0.789 bits per heavy atom. The first-order valence-corrected chi connectivity index (χ1v) is 35.6. The van der Waals surface area contributed by atoms with E-state index >= 15 is 4.39 Å². The van der Waals surface area contributed by atoms with Gasteiger partial charge in [-0.2, -0.15) is 0 Å². The first kappa shape index (κ1) is 82.8. The average molecular weight is 1550 g/mol. The minimum Gasteiger partial charge on any atom is -0.481 e. The summed E-state index contributed by atoms with van der Waals surface area (Å²) in [7, 11) is 0. The topological polar surface area (TPSA) is 319 Å². The van der Waals surface area contributed by atoms with Crippen LogP contribution in [-0.2, 0) is 23.9 Å². The highest BCUT2D eigenvalue weighted by Crippen LogP contribution is 2.34. The van der Waals surface area contributed by atoms with E-state index in [0.29, 0.717) is 62.4 Å². The third-order valence-electron chi connectivity index (χ3n) is 16.2. The summed E-state index contributed by atoms with van der Waals surface area (Å²) in [4.78, 5) is 87.2. The van der Waals surface area contributed by atoms with Crippen molar-refractivity contribution in [3.63, 3.8) is 0 Å². The van der Waals surface area contributed by atoms with Gasteiger partial charge in [-0.3, -0.25) is 24.6 Å². The molecule has 3 aromatic carbocycles. The number of carbonyl (C=O) groups excluding carboxylic acids is 3. The summed E-state index contributed by atoms with van der Waals surface area (Å²) in [5.74, 6) is -1.92. The smallest absolute Gasteiger partial charge is 0.315 e. The number of benzene rings is 3. The average Bonchev–Trinajstić information content (AvgIpc) is 1.77. The Hall–Kier alpha value is -11.8. The number of carboxylic acids is 1. The molecule has 0 unspecified atom stereocenters. The first-order chi connectivity index (χ1) is 51.3. The third-order valence-corrected chi connectivity index (χ3v) is 16.7. The Kier molecular flexibility index (Phi) is 27.2. The number of nitrogens with two attached hydrogens (primary N) is 1. The van der Waals surface area contributed by atoms with Crippen molar-refractivity contribution in [2.45, 2.75) is 115 Å². The molecule has 0 saturated carbocycles. The fraction of sp³-hybridized carbons (Fsp3) is 0.289. The SMILES string of the molecule is Cc1cc(OCC(C)(C)C(=O)O)ncc1-c1cnc(-c2ncc(-c3ccccc3)[nH]2)c(F)c1.Cc1cc(OCC(C)(C)C(=O)OC(C)(C)C)ncc1-c1cnc(-c2ncc(-c3ccccc3)[nH]2)c(F)c1.Cc1cc(OCC(C)(C)C(=O)OC(C)(C)C)ncc1-c1cnc(C(=N)N)c(F)c1.O=C(CBr)c1ccccc1. The normalized spacial score (nSPS) is 11.5. The lowest BCUT2D eigenvalue weighted by molar-refractivity contribution is -0.168. The molecule has 8 heterocycles. The van der Waals surface area contributed by atoms with Crippen LogP contribution >= 0.6 is 15.9 Å². The number of aliphatic carboxylic acids is 1. The van der Waals surface area contributed by atoms with Gasteiger partial charge in [-0.25, -0.2) is 53.0 Å². The number of aromatic amines is 2. The van der Waals surface area contributed by atoms with Gasteiger partial charge in [-0.15, -0.1) is 0 Å². The summed E-state index contributed by atoms with van der Waals surface area (Å²) in [5.41, 5.74) is 11.9. The number of hydrogen-bond acceptors (Lipinski definition) is 18. The number of pyridine rings is 6. The van der Waals surface area contributed by atoms with Gasteiger partial charge in [-0.05, 0) is 150 Å². The molecule has 568 valence electrons. The largest absolute Gasteiger partial charge is 0.481 e. The van der Waals surface area contributed by atoms with Crippen molar-refractivity contribution in [2.75, 3.05) is 25.2 Å². The molecular weight excluding hydrogens is 1460 g/mol. The second kappa shape index (κ2) is 35.7. The highest BCUT2D eigenvalue weighted by atomic mass is 79.9. The highest BCUT2D eigenvalue weighted by Gasteiger charge is 2.36. The molecule has 0 spiro atoms. The third kappa shape index (κ3) is 23.1. The number of rotatable bonds is 22. The van der Waals surface area contributed by atoms with Gasteiger partial charge in [0.2, 0.25) is 17.6 Å². The minimum absolute atomic E-state index is 0.0207. The number of Topliss-reactive ketones (excluding diaryl/α,β-unsaturated/α-hetero) is 1. The van der Waals surface area contributed by atoms with Gasteiger partial charge < -0.3 is 44.5 Å². The molecule has 6 N–H and O–H groups in total. The summed E-state index contributed by atoms with van der Waals surface area (Å²) >= 11 is 3.10. The quantitative estimate of drug-likeness (QED) is 0.0138. The lowest BCUT2D eigenvalue weighted by atomic mass is 9.94. The van der Waals surface area contributed by atoms with Crippen LogP contribution in [0.5, 0.6) is 17.6 Å². The fourth-order valence-electron chi connectivity index (χ4n) is 9.92. The number of hydrogen-bond donors (Lipinski definition) is 5. The van der Waals surface area contributed by atoms with Gasteiger partial charge >= 0.3 is 17.9 Å². The number of carbonyl (C=O) groups is 4. The Morgan fingerprint density at radius 1 is 0.450 bits per heavy atom. The molecule has 8 aromatic heterocycles. The van der Waals surface area contributed by atoms with E-state index in [4.69, 9.17) is 34.8 Å². The molecule has 26 heteroatoms. The number of nitrogen functional groups attached to an aromatic ring is 1. The zero-order valence-corrected chi connectivity index (χ0v) is 64.9. The van der Waals surface area contributed by atoms with E-state index in [1.807, 2.05) is 153 Å². The van der Waals surface area contributed by atoms with Crippen LogP contribution in [0.3, 0.4) is 0 Å². The minimum atomic E-state index is -1.04. The maximum atomic E-state index is 15.1. The first-order valence-electron chi connectivity index (χ1n) is 34.5. The van der Waals surface area contributed by atoms with Gasteiger partial charge in [0, 0.05) is 94.3 Å². The molecule has 0 radical (unpaired) electrons.